The van der Waals surface area contributed by atoms with Gasteiger partial charge in [0.2, 0.25) is 10.0 Å². The zero-order valence-corrected chi connectivity index (χ0v) is 13.4. The van der Waals surface area contributed by atoms with E-state index in [1.54, 1.807) is 0 Å². The maximum atomic E-state index is 11.9. The van der Waals surface area contributed by atoms with Crippen LogP contribution in [0.3, 0.4) is 0 Å². The van der Waals surface area contributed by atoms with Crippen molar-refractivity contribution in [2.75, 3.05) is 50.5 Å². The van der Waals surface area contributed by atoms with E-state index in [-0.39, 0.29) is 11.5 Å². The molecule has 0 aromatic heterocycles. The number of rotatable bonds is 3. The summed E-state index contributed by atoms with van der Waals surface area (Å²) in [5.41, 5.74) is 5.36. The van der Waals surface area contributed by atoms with Crippen molar-refractivity contribution in [3.8, 4) is 0 Å². The molecule has 0 amide bonds. The van der Waals surface area contributed by atoms with Gasteiger partial charge in [0.15, 0.2) is 9.84 Å². The summed E-state index contributed by atoms with van der Waals surface area (Å²) in [6, 6.07) is 0. The zero-order valence-electron chi connectivity index (χ0n) is 11.8. The van der Waals surface area contributed by atoms with E-state index >= 15 is 0 Å². The van der Waals surface area contributed by atoms with Crippen LogP contribution in [0, 0.1) is 0 Å². The molecule has 2 aliphatic rings. The summed E-state index contributed by atoms with van der Waals surface area (Å²) in [4.78, 5) is 2.07. The lowest BCUT2D eigenvalue weighted by molar-refractivity contribution is 0.0646. The van der Waals surface area contributed by atoms with Crippen LogP contribution in [0.15, 0.2) is 0 Å². The molecule has 9 heteroatoms. The van der Waals surface area contributed by atoms with Gasteiger partial charge >= 0.3 is 0 Å². The third-order valence-corrected chi connectivity index (χ3v) is 7.54. The summed E-state index contributed by atoms with van der Waals surface area (Å²) in [6.07, 6.45) is 2.60. The Labute approximate surface area is 121 Å². The third-order valence-electron chi connectivity index (χ3n) is 4.34. The van der Waals surface area contributed by atoms with E-state index in [0.29, 0.717) is 39.1 Å². The molecule has 0 saturated carbocycles. The predicted octanol–water partition coefficient (Wildman–Crippen LogP) is -1.53. The lowest BCUT2D eigenvalue weighted by Gasteiger charge is -2.48. The minimum absolute atomic E-state index is 0.0926. The van der Waals surface area contributed by atoms with E-state index < -0.39 is 25.4 Å². The fraction of sp³-hybridized carbons (Fsp3) is 1.00. The Morgan fingerprint density at radius 2 is 1.80 bits per heavy atom. The van der Waals surface area contributed by atoms with Gasteiger partial charge in [0.05, 0.1) is 17.8 Å². The van der Waals surface area contributed by atoms with Crippen LogP contribution in [0.2, 0.25) is 0 Å². The van der Waals surface area contributed by atoms with Crippen molar-refractivity contribution in [2.24, 2.45) is 5.73 Å². The smallest absolute Gasteiger partial charge is 0.211 e. The Hall–Kier alpha value is -0.220. The number of sulfone groups is 1. The second kappa shape index (κ2) is 5.53. The lowest BCUT2D eigenvalue weighted by atomic mass is 9.92. The van der Waals surface area contributed by atoms with Crippen molar-refractivity contribution in [3.63, 3.8) is 0 Å². The van der Waals surface area contributed by atoms with Gasteiger partial charge in [0.1, 0.15) is 0 Å². The third kappa shape index (κ3) is 3.33. The van der Waals surface area contributed by atoms with Crippen molar-refractivity contribution in [1.29, 1.82) is 0 Å². The van der Waals surface area contributed by atoms with Crippen molar-refractivity contribution in [1.82, 2.24) is 9.21 Å². The summed E-state index contributed by atoms with van der Waals surface area (Å²) in [7, 11) is -6.22. The van der Waals surface area contributed by atoms with Crippen LogP contribution in [-0.4, -0.2) is 82.1 Å². The van der Waals surface area contributed by atoms with Crippen LogP contribution >= 0.6 is 0 Å². The van der Waals surface area contributed by atoms with Crippen molar-refractivity contribution < 1.29 is 16.8 Å². The van der Waals surface area contributed by atoms with Crippen molar-refractivity contribution >= 4 is 19.9 Å². The number of piperazine rings is 1. The molecule has 0 aromatic carbocycles. The predicted molar refractivity (Wildman–Crippen MR) is 77.7 cm³/mol. The largest absolute Gasteiger partial charge is 0.329 e. The molecule has 2 fully saturated rings. The van der Waals surface area contributed by atoms with Gasteiger partial charge in [-0.05, 0) is 12.8 Å². The SMILES string of the molecule is CS(=O)(=O)N1CCN(C2(CN)CCCS(=O)(=O)C2)CC1. The average Bonchev–Trinajstić information content (AvgIpc) is 2.36. The van der Waals surface area contributed by atoms with Gasteiger partial charge in [0, 0.05) is 38.3 Å². The van der Waals surface area contributed by atoms with E-state index in [9.17, 15) is 16.8 Å². The van der Waals surface area contributed by atoms with Crippen molar-refractivity contribution in [3.05, 3.63) is 0 Å². The Kier molecular flexibility index (Phi) is 4.46. The first kappa shape index (κ1) is 16.2. The van der Waals surface area contributed by atoms with E-state index in [1.165, 1.54) is 10.6 Å². The molecule has 0 aliphatic carbocycles. The molecule has 2 heterocycles. The van der Waals surface area contributed by atoms with Crippen LogP contribution in [-0.2, 0) is 19.9 Å². The Balaban J connectivity index is 2.11. The Morgan fingerprint density at radius 1 is 1.20 bits per heavy atom. The van der Waals surface area contributed by atoms with Crippen molar-refractivity contribution in [2.45, 2.75) is 18.4 Å². The van der Waals surface area contributed by atoms with Gasteiger partial charge in [0.25, 0.3) is 0 Å². The fourth-order valence-electron chi connectivity index (χ4n) is 3.21. The maximum absolute atomic E-state index is 11.9. The standard InChI is InChI=1S/C11H23N3O4S2/c1-19(15,16)14-6-4-13(5-7-14)11(9-12)3-2-8-20(17,18)10-11/h2-10,12H2,1H3. The summed E-state index contributed by atoms with van der Waals surface area (Å²) in [5.74, 6) is 0.327. The van der Waals surface area contributed by atoms with E-state index in [2.05, 4.69) is 4.90 Å². The van der Waals surface area contributed by atoms with Gasteiger partial charge in [-0.1, -0.05) is 0 Å². The highest BCUT2D eigenvalue weighted by atomic mass is 32.2. The number of hydrogen-bond acceptors (Lipinski definition) is 6. The van der Waals surface area contributed by atoms with E-state index in [1.807, 2.05) is 0 Å². The normalized spacial score (nSPS) is 33.1. The minimum Gasteiger partial charge on any atom is -0.329 e. The number of sulfonamides is 1. The number of nitrogens with zero attached hydrogens (tertiary/aromatic N) is 2. The first-order valence-electron chi connectivity index (χ1n) is 6.79. The molecule has 7 nitrogen and oxygen atoms in total. The van der Waals surface area contributed by atoms with Crippen LogP contribution in [0.1, 0.15) is 12.8 Å². The van der Waals surface area contributed by atoms with E-state index in [0.717, 1.165) is 6.42 Å². The number of nitrogens with two attached hydrogens (primary N) is 1. The molecular weight excluding hydrogens is 302 g/mol. The van der Waals surface area contributed by atoms with Gasteiger partial charge in [-0.3, -0.25) is 4.90 Å². The molecule has 2 aliphatic heterocycles. The summed E-state index contributed by atoms with van der Waals surface area (Å²) < 4.78 is 48.3. The molecule has 1 unspecified atom stereocenters. The topological polar surface area (TPSA) is 101 Å². The molecule has 0 radical (unpaired) electrons. The first-order chi connectivity index (χ1) is 9.19. The average molecular weight is 325 g/mol. The first-order valence-corrected chi connectivity index (χ1v) is 10.5. The highest BCUT2D eigenvalue weighted by Gasteiger charge is 2.44. The molecular formula is C11H23N3O4S2. The fourth-order valence-corrected chi connectivity index (χ4v) is 6.03. The van der Waals surface area contributed by atoms with Crippen LogP contribution in [0.4, 0.5) is 0 Å². The maximum Gasteiger partial charge on any atom is 0.211 e. The van der Waals surface area contributed by atoms with Crippen LogP contribution < -0.4 is 5.73 Å². The molecule has 20 heavy (non-hydrogen) atoms. The van der Waals surface area contributed by atoms with Gasteiger partial charge in [-0.2, -0.15) is 4.31 Å². The molecule has 2 rings (SSSR count). The Bertz CT molecular complexity index is 552. The summed E-state index contributed by atoms with van der Waals surface area (Å²) in [5, 5.41) is 0. The quantitative estimate of drug-likeness (QED) is 0.675. The summed E-state index contributed by atoms with van der Waals surface area (Å²) >= 11 is 0. The molecule has 1 atom stereocenters. The summed E-state index contributed by atoms with van der Waals surface area (Å²) in [6.45, 7) is 2.19. The molecule has 0 bridgehead atoms. The Morgan fingerprint density at radius 3 is 2.25 bits per heavy atom. The second-order valence-corrected chi connectivity index (χ2v) is 9.94. The van der Waals surface area contributed by atoms with Crippen LogP contribution in [0.25, 0.3) is 0 Å². The monoisotopic (exact) mass is 325 g/mol. The molecule has 0 aromatic rings. The van der Waals surface area contributed by atoms with Gasteiger partial charge in [-0.15, -0.1) is 0 Å². The molecule has 0 spiro atoms. The molecule has 118 valence electrons. The van der Waals surface area contributed by atoms with Crippen LogP contribution in [0.5, 0.6) is 0 Å². The minimum atomic E-state index is -3.17. The van der Waals surface area contributed by atoms with Gasteiger partial charge in [-0.25, -0.2) is 16.8 Å². The van der Waals surface area contributed by atoms with Gasteiger partial charge < -0.3 is 5.73 Å². The lowest BCUT2D eigenvalue weighted by Crippen LogP contribution is -2.64. The zero-order chi connectivity index (χ0) is 15.0. The number of hydrogen-bond donors (Lipinski definition) is 1. The highest BCUT2D eigenvalue weighted by molar-refractivity contribution is 7.91. The van der Waals surface area contributed by atoms with E-state index in [4.69, 9.17) is 5.73 Å². The highest BCUT2D eigenvalue weighted by Crippen LogP contribution is 2.29. The molecule has 2 N–H and O–H groups in total. The molecule has 2 saturated heterocycles. The second-order valence-electron chi connectivity index (χ2n) is 5.77.